The van der Waals surface area contributed by atoms with Gasteiger partial charge in [0.25, 0.3) is 5.56 Å². The number of carbonyl (C=O) groups is 1. The van der Waals surface area contributed by atoms with Gasteiger partial charge in [-0.05, 0) is 52.8 Å². The molecule has 0 bridgehead atoms. The number of hydrogen-bond acceptors (Lipinski definition) is 5. The third-order valence-corrected chi connectivity index (χ3v) is 5.74. The molecule has 1 amide bonds. The minimum atomic E-state index is -0.889. The molecule has 1 atom stereocenters. The van der Waals surface area contributed by atoms with E-state index in [0.717, 1.165) is 21.3 Å². The summed E-state index contributed by atoms with van der Waals surface area (Å²) in [5.74, 6) is -2.75. The third-order valence-electron chi connectivity index (χ3n) is 5.74. The van der Waals surface area contributed by atoms with Gasteiger partial charge in [0.2, 0.25) is 0 Å². The van der Waals surface area contributed by atoms with Crippen LogP contribution in [0.5, 0.6) is 5.75 Å². The van der Waals surface area contributed by atoms with Crippen molar-refractivity contribution < 1.29 is 27.4 Å². The number of hydrogen-bond donors (Lipinski definition) is 1. The Bertz CT molecular complexity index is 1450. The fourth-order valence-electron chi connectivity index (χ4n) is 3.99. The number of alkyl carbamates (subject to hydrolysis) is 1. The first-order valence-corrected chi connectivity index (χ1v) is 11.8. The molecule has 3 aromatic rings. The van der Waals surface area contributed by atoms with Gasteiger partial charge in [0.05, 0.1) is 25.8 Å². The molecule has 0 aliphatic rings. The van der Waals surface area contributed by atoms with Crippen molar-refractivity contribution in [2.75, 3.05) is 7.11 Å². The summed E-state index contributed by atoms with van der Waals surface area (Å²) < 4.78 is 56.3. The minimum Gasteiger partial charge on any atom is -0.494 e. The lowest BCUT2D eigenvalue weighted by atomic mass is 10.0. The molecule has 0 aliphatic heterocycles. The van der Waals surface area contributed by atoms with E-state index in [1.54, 1.807) is 27.7 Å². The predicted molar refractivity (Wildman–Crippen MR) is 136 cm³/mol. The molecule has 204 valence electrons. The van der Waals surface area contributed by atoms with E-state index < -0.39 is 58.5 Å². The second kappa shape index (κ2) is 11.2. The molecular weight excluding hydrogens is 503 g/mol. The molecule has 0 fully saturated rings. The van der Waals surface area contributed by atoms with Crippen LogP contribution in [0.3, 0.4) is 0 Å². The lowest BCUT2D eigenvalue weighted by Gasteiger charge is -2.23. The Balaban J connectivity index is 2.21. The topological polar surface area (TPSA) is 91.6 Å². The largest absolute Gasteiger partial charge is 0.494 e. The molecule has 0 saturated heterocycles. The second-order valence-corrected chi connectivity index (χ2v) is 9.81. The van der Waals surface area contributed by atoms with Crippen LogP contribution in [0.1, 0.15) is 39.0 Å². The number of carbonyl (C=O) groups excluding carboxylic acids is 1. The average Bonchev–Trinajstić information content (AvgIpc) is 2.81. The molecule has 0 aliphatic carbocycles. The Morgan fingerprint density at radius 3 is 2.21 bits per heavy atom. The van der Waals surface area contributed by atoms with Gasteiger partial charge in [0.1, 0.15) is 17.2 Å². The highest BCUT2D eigenvalue weighted by molar-refractivity contribution is 5.68. The number of nitrogens with one attached hydrogen (secondary N) is 1. The Morgan fingerprint density at radius 1 is 1.03 bits per heavy atom. The summed E-state index contributed by atoms with van der Waals surface area (Å²) in [6.45, 7) is 7.09. The van der Waals surface area contributed by atoms with Gasteiger partial charge in [-0.25, -0.2) is 22.8 Å². The summed E-state index contributed by atoms with van der Waals surface area (Å²) in [7, 11) is 1.26. The van der Waals surface area contributed by atoms with Crippen molar-refractivity contribution in [1.29, 1.82) is 0 Å². The zero-order chi connectivity index (χ0) is 28.4. The first kappa shape index (κ1) is 28.5. The van der Waals surface area contributed by atoms with E-state index >= 15 is 4.39 Å². The smallest absolute Gasteiger partial charge is 0.407 e. The fourth-order valence-corrected chi connectivity index (χ4v) is 3.99. The van der Waals surface area contributed by atoms with Crippen LogP contribution in [0.15, 0.2) is 46.0 Å². The van der Waals surface area contributed by atoms with Gasteiger partial charge >= 0.3 is 11.8 Å². The number of methoxy groups -OCH3 is 1. The van der Waals surface area contributed by atoms with Crippen molar-refractivity contribution in [3.05, 3.63) is 85.9 Å². The second-order valence-electron chi connectivity index (χ2n) is 9.81. The van der Waals surface area contributed by atoms with Gasteiger partial charge in [-0.3, -0.25) is 13.9 Å². The van der Waals surface area contributed by atoms with Crippen LogP contribution in [0.2, 0.25) is 0 Å². The highest BCUT2D eigenvalue weighted by Crippen LogP contribution is 2.29. The molecule has 11 heteroatoms. The number of halogens is 3. The van der Waals surface area contributed by atoms with Crippen molar-refractivity contribution in [1.82, 2.24) is 14.5 Å². The van der Waals surface area contributed by atoms with E-state index in [9.17, 15) is 23.2 Å². The molecule has 8 nitrogen and oxygen atoms in total. The maximum Gasteiger partial charge on any atom is 0.407 e. The zero-order valence-corrected chi connectivity index (χ0v) is 22.0. The van der Waals surface area contributed by atoms with Gasteiger partial charge in [0.15, 0.2) is 11.6 Å². The summed E-state index contributed by atoms with van der Waals surface area (Å²) >= 11 is 0. The molecule has 0 radical (unpaired) electrons. The number of rotatable bonds is 7. The van der Waals surface area contributed by atoms with Crippen molar-refractivity contribution in [3.8, 4) is 16.9 Å². The normalized spacial score (nSPS) is 12.2. The first-order chi connectivity index (χ1) is 17.7. The molecule has 1 unspecified atom stereocenters. The Kier molecular flexibility index (Phi) is 8.38. The molecule has 0 saturated carbocycles. The van der Waals surface area contributed by atoms with Crippen LogP contribution in [0.4, 0.5) is 18.0 Å². The maximum absolute atomic E-state index is 15.3. The lowest BCUT2D eigenvalue weighted by molar-refractivity contribution is 0.0503. The maximum atomic E-state index is 15.3. The highest BCUT2D eigenvalue weighted by atomic mass is 19.1. The summed E-state index contributed by atoms with van der Waals surface area (Å²) in [6, 6.07) is 6.68. The summed E-state index contributed by atoms with van der Waals surface area (Å²) in [4.78, 5) is 39.3. The average molecular weight is 534 g/mol. The Labute approximate surface area is 217 Å². The highest BCUT2D eigenvalue weighted by Gasteiger charge is 2.25. The van der Waals surface area contributed by atoms with E-state index in [-0.39, 0.29) is 29.1 Å². The van der Waals surface area contributed by atoms with Gasteiger partial charge in [-0.2, -0.15) is 0 Å². The molecule has 38 heavy (non-hydrogen) atoms. The summed E-state index contributed by atoms with van der Waals surface area (Å²) in [6.07, 6.45) is -0.766. The molecule has 1 heterocycles. The van der Waals surface area contributed by atoms with Gasteiger partial charge in [-0.15, -0.1) is 0 Å². The van der Waals surface area contributed by atoms with Crippen LogP contribution in [-0.4, -0.2) is 34.0 Å². The standard InChI is InChI=1S/C27H30F3N3O5/c1-15(31-25(35)38-27(3,4)5)13-33-24(34)22(17-9-7-12-21(37-6)23(17)30)16(2)32(26(33)36)14-18-19(28)10-8-11-20(18)29/h7-12,15H,13-14H2,1-6H3,(H,31,35). The van der Waals surface area contributed by atoms with Gasteiger partial charge < -0.3 is 14.8 Å². The van der Waals surface area contributed by atoms with Crippen molar-refractivity contribution in [2.24, 2.45) is 0 Å². The lowest BCUT2D eigenvalue weighted by Crippen LogP contribution is -2.47. The van der Waals surface area contributed by atoms with E-state index in [1.807, 2.05) is 0 Å². The quantitative estimate of drug-likeness (QED) is 0.487. The molecular formula is C27H30F3N3O5. The zero-order valence-electron chi connectivity index (χ0n) is 22.0. The third kappa shape index (κ3) is 6.09. The molecule has 1 N–H and O–H groups in total. The van der Waals surface area contributed by atoms with Crippen LogP contribution in [-0.2, 0) is 17.8 Å². The predicted octanol–water partition coefficient (Wildman–Crippen LogP) is 4.37. The SMILES string of the molecule is COc1cccc(-c2c(C)n(Cc3c(F)cccc3F)c(=O)n(CC(C)NC(=O)OC(C)(C)C)c2=O)c1F. The summed E-state index contributed by atoms with van der Waals surface area (Å²) in [5.41, 5.74) is -3.27. The van der Waals surface area contributed by atoms with Gasteiger partial charge in [-0.1, -0.05) is 18.2 Å². The van der Waals surface area contributed by atoms with Crippen LogP contribution in [0, 0.1) is 24.4 Å². The Morgan fingerprint density at radius 2 is 1.63 bits per heavy atom. The van der Waals surface area contributed by atoms with Crippen LogP contribution < -0.4 is 21.3 Å². The van der Waals surface area contributed by atoms with E-state index in [2.05, 4.69) is 5.32 Å². The first-order valence-electron chi connectivity index (χ1n) is 11.8. The molecule has 1 aromatic heterocycles. The van der Waals surface area contributed by atoms with E-state index in [1.165, 1.54) is 38.3 Å². The minimum absolute atomic E-state index is 0.00110. The molecule has 3 rings (SSSR count). The number of benzene rings is 2. The molecule has 0 spiro atoms. The van der Waals surface area contributed by atoms with Crippen molar-refractivity contribution in [3.63, 3.8) is 0 Å². The Hall–Kier alpha value is -4.02. The van der Waals surface area contributed by atoms with Gasteiger partial charge in [0, 0.05) is 22.9 Å². The van der Waals surface area contributed by atoms with Crippen molar-refractivity contribution in [2.45, 2.75) is 59.4 Å². The summed E-state index contributed by atoms with van der Waals surface area (Å²) in [5, 5.41) is 2.55. The number of nitrogens with zero attached hydrogens (tertiary/aromatic N) is 2. The number of aromatic nitrogens is 2. The molecule has 2 aromatic carbocycles. The monoisotopic (exact) mass is 533 g/mol. The van der Waals surface area contributed by atoms with Crippen LogP contribution >= 0.6 is 0 Å². The van der Waals surface area contributed by atoms with Crippen molar-refractivity contribution >= 4 is 6.09 Å². The number of ether oxygens (including phenoxy) is 2. The van der Waals surface area contributed by atoms with E-state index in [0.29, 0.717) is 0 Å². The number of amides is 1. The van der Waals surface area contributed by atoms with Crippen LogP contribution in [0.25, 0.3) is 11.1 Å². The fraction of sp³-hybridized carbons (Fsp3) is 0.370. The van der Waals surface area contributed by atoms with E-state index in [4.69, 9.17) is 9.47 Å².